The number of rotatable bonds is 6. The molecule has 4 unspecified atom stereocenters. The van der Waals surface area contributed by atoms with E-state index in [1.165, 1.54) is 19.3 Å². The number of hydrogen-bond acceptors (Lipinski definition) is 2. The van der Waals surface area contributed by atoms with Gasteiger partial charge in [0.25, 0.3) is 0 Å². The van der Waals surface area contributed by atoms with Gasteiger partial charge in [-0.2, -0.15) is 0 Å². The van der Waals surface area contributed by atoms with E-state index in [2.05, 4.69) is 26.1 Å². The normalized spacial score (nSPS) is 33.2. The van der Waals surface area contributed by atoms with Gasteiger partial charge in [0.15, 0.2) is 0 Å². The average Bonchev–Trinajstić information content (AvgIpc) is 2.57. The van der Waals surface area contributed by atoms with Crippen molar-refractivity contribution in [1.29, 1.82) is 0 Å². The van der Waals surface area contributed by atoms with Crippen LogP contribution in [0.2, 0.25) is 0 Å². The Morgan fingerprint density at radius 3 is 2.67 bits per heavy atom. The molecule has 0 bridgehead atoms. The number of hydrogen-bond donors (Lipinski definition) is 1. The fourth-order valence-electron chi connectivity index (χ4n) is 2.81. The van der Waals surface area contributed by atoms with Gasteiger partial charge >= 0.3 is 0 Å². The first kappa shape index (κ1) is 13.0. The van der Waals surface area contributed by atoms with Gasteiger partial charge in [0.2, 0.25) is 0 Å². The van der Waals surface area contributed by atoms with Crippen LogP contribution in [0.5, 0.6) is 0 Å². The molecule has 0 saturated heterocycles. The molecule has 0 amide bonds. The average molecular weight is 213 g/mol. The zero-order chi connectivity index (χ0) is 11.3. The second kappa shape index (κ2) is 6.49. The van der Waals surface area contributed by atoms with E-state index in [1.54, 1.807) is 7.11 Å². The van der Waals surface area contributed by atoms with E-state index >= 15 is 0 Å². The van der Waals surface area contributed by atoms with Gasteiger partial charge in [0.1, 0.15) is 0 Å². The summed E-state index contributed by atoms with van der Waals surface area (Å²) in [7, 11) is 1.78. The molecule has 1 saturated carbocycles. The molecule has 0 aromatic heterocycles. The summed E-state index contributed by atoms with van der Waals surface area (Å²) in [5.41, 5.74) is 0. The largest absolute Gasteiger partial charge is 0.384 e. The minimum Gasteiger partial charge on any atom is -0.384 e. The van der Waals surface area contributed by atoms with Crippen molar-refractivity contribution in [3.63, 3.8) is 0 Å². The summed E-state index contributed by atoms with van der Waals surface area (Å²) in [6.07, 6.45) is 4.11. The van der Waals surface area contributed by atoms with Gasteiger partial charge in [-0.15, -0.1) is 0 Å². The Bertz CT molecular complexity index is 172. The second-order valence-electron chi connectivity index (χ2n) is 5.18. The third kappa shape index (κ3) is 3.76. The van der Waals surface area contributed by atoms with Crippen molar-refractivity contribution in [1.82, 2.24) is 5.32 Å². The van der Waals surface area contributed by atoms with Crippen LogP contribution in [0.3, 0.4) is 0 Å². The van der Waals surface area contributed by atoms with E-state index < -0.39 is 0 Å². The van der Waals surface area contributed by atoms with Crippen LogP contribution >= 0.6 is 0 Å². The highest BCUT2D eigenvalue weighted by atomic mass is 16.5. The van der Waals surface area contributed by atoms with E-state index in [1.807, 2.05) is 0 Å². The van der Waals surface area contributed by atoms with Crippen LogP contribution in [0.15, 0.2) is 0 Å². The number of nitrogens with one attached hydrogen (secondary N) is 1. The molecule has 4 atom stereocenters. The highest BCUT2D eigenvalue weighted by Gasteiger charge is 2.30. The van der Waals surface area contributed by atoms with Crippen molar-refractivity contribution >= 4 is 0 Å². The van der Waals surface area contributed by atoms with Crippen molar-refractivity contribution in [3.8, 4) is 0 Å². The standard InChI is InChI=1S/C13H27NO/c1-5-12-6-7-13(11(12)3)14-8-10(2)9-15-4/h10-14H,5-9H2,1-4H3. The van der Waals surface area contributed by atoms with Crippen molar-refractivity contribution in [3.05, 3.63) is 0 Å². The Hall–Kier alpha value is -0.0800. The fraction of sp³-hybridized carbons (Fsp3) is 1.00. The molecule has 0 radical (unpaired) electrons. The lowest BCUT2D eigenvalue weighted by Crippen LogP contribution is -2.36. The molecule has 0 heterocycles. The van der Waals surface area contributed by atoms with Crippen LogP contribution in [0.25, 0.3) is 0 Å². The maximum absolute atomic E-state index is 5.15. The van der Waals surface area contributed by atoms with E-state index in [9.17, 15) is 0 Å². The van der Waals surface area contributed by atoms with E-state index in [4.69, 9.17) is 4.74 Å². The Kier molecular flexibility index (Phi) is 5.62. The van der Waals surface area contributed by atoms with Crippen molar-refractivity contribution in [2.24, 2.45) is 17.8 Å². The highest BCUT2D eigenvalue weighted by Crippen LogP contribution is 2.33. The van der Waals surface area contributed by atoms with Crippen molar-refractivity contribution in [2.75, 3.05) is 20.3 Å². The molecule has 0 aliphatic heterocycles. The monoisotopic (exact) mass is 213 g/mol. The summed E-state index contributed by atoms with van der Waals surface area (Å²) in [4.78, 5) is 0. The molecule has 0 aromatic carbocycles. The van der Waals surface area contributed by atoms with Gasteiger partial charge in [-0.05, 0) is 30.6 Å². The zero-order valence-electron chi connectivity index (χ0n) is 10.8. The predicted octanol–water partition coefficient (Wildman–Crippen LogP) is 2.68. The maximum Gasteiger partial charge on any atom is 0.0499 e. The lowest BCUT2D eigenvalue weighted by atomic mass is 9.93. The van der Waals surface area contributed by atoms with Crippen LogP contribution in [0.4, 0.5) is 0 Å². The molecular formula is C13H27NO. The van der Waals surface area contributed by atoms with Crippen molar-refractivity contribution < 1.29 is 4.74 Å². The lowest BCUT2D eigenvalue weighted by molar-refractivity contribution is 0.155. The summed E-state index contributed by atoms with van der Waals surface area (Å²) in [5, 5.41) is 3.70. The molecule has 1 rings (SSSR count). The topological polar surface area (TPSA) is 21.3 Å². The van der Waals surface area contributed by atoms with Gasteiger partial charge in [-0.25, -0.2) is 0 Å². The van der Waals surface area contributed by atoms with E-state index in [0.717, 1.165) is 31.0 Å². The summed E-state index contributed by atoms with van der Waals surface area (Å²) >= 11 is 0. The molecular weight excluding hydrogens is 186 g/mol. The Morgan fingerprint density at radius 1 is 1.40 bits per heavy atom. The van der Waals surface area contributed by atoms with Crippen LogP contribution in [-0.4, -0.2) is 26.3 Å². The third-order valence-corrected chi connectivity index (χ3v) is 3.93. The van der Waals surface area contributed by atoms with Crippen LogP contribution in [0.1, 0.15) is 40.0 Å². The second-order valence-corrected chi connectivity index (χ2v) is 5.18. The van der Waals surface area contributed by atoms with Crippen molar-refractivity contribution in [2.45, 2.75) is 46.1 Å². The van der Waals surface area contributed by atoms with Gasteiger partial charge in [-0.1, -0.05) is 27.2 Å². The molecule has 2 nitrogen and oxygen atoms in total. The first-order valence-corrected chi connectivity index (χ1v) is 6.41. The van der Waals surface area contributed by atoms with Gasteiger partial charge in [-0.3, -0.25) is 0 Å². The van der Waals surface area contributed by atoms with Crippen LogP contribution in [-0.2, 0) is 4.74 Å². The SMILES string of the molecule is CCC1CCC(NCC(C)COC)C1C. The molecule has 2 heteroatoms. The molecule has 15 heavy (non-hydrogen) atoms. The van der Waals surface area contributed by atoms with Crippen LogP contribution in [0, 0.1) is 17.8 Å². The van der Waals surface area contributed by atoms with Gasteiger partial charge in [0, 0.05) is 26.3 Å². The number of methoxy groups -OCH3 is 1. The minimum atomic E-state index is 0.628. The van der Waals surface area contributed by atoms with Crippen LogP contribution < -0.4 is 5.32 Å². The molecule has 1 aliphatic rings. The van der Waals surface area contributed by atoms with E-state index in [-0.39, 0.29) is 0 Å². The molecule has 90 valence electrons. The molecule has 0 aromatic rings. The first-order valence-electron chi connectivity index (χ1n) is 6.41. The fourth-order valence-corrected chi connectivity index (χ4v) is 2.81. The molecule has 1 N–H and O–H groups in total. The summed E-state index contributed by atoms with van der Waals surface area (Å²) in [5.74, 6) is 2.42. The minimum absolute atomic E-state index is 0.628. The van der Waals surface area contributed by atoms with E-state index in [0.29, 0.717) is 5.92 Å². The quantitative estimate of drug-likeness (QED) is 0.732. The summed E-state index contributed by atoms with van der Waals surface area (Å²) in [6.45, 7) is 8.93. The smallest absolute Gasteiger partial charge is 0.0499 e. The predicted molar refractivity (Wildman–Crippen MR) is 65.0 cm³/mol. The maximum atomic E-state index is 5.15. The molecule has 1 fully saturated rings. The summed E-state index contributed by atoms with van der Waals surface area (Å²) in [6, 6.07) is 0.745. The Labute approximate surface area is 94.8 Å². The Morgan fingerprint density at radius 2 is 2.13 bits per heavy atom. The molecule has 0 spiro atoms. The van der Waals surface area contributed by atoms with Gasteiger partial charge in [0.05, 0.1) is 0 Å². The Balaban J connectivity index is 2.22. The molecule has 1 aliphatic carbocycles. The lowest BCUT2D eigenvalue weighted by Gasteiger charge is -2.22. The third-order valence-electron chi connectivity index (χ3n) is 3.93. The first-order chi connectivity index (χ1) is 7.19. The zero-order valence-corrected chi connectivity index (χ0v) is 10.8. The highest BCUT2D eigenvalue weighted by molar-refractivity contribution is 4.86. The summed E-state index contributed by atoms with van der Waals surface area (Å²) < 4.78 is 5.15. The van der Waals surface area contributed by atoms with Gasteiger partial charge < -0.3 is 10.1 Å². The number of ether oxygens (including phenoxy) is 1.